The maximum absolute atomic E-state index is 12.4. The topological polar surface area (TPSA) is 106 Å². The molecule has 1 amide bonds. The summed E-state index contributed by atoms with van der Waals surface area (Å²) in [6.45, 7) is 2.30. The third kappa shape index (κ3) is 5.29. The van der Waals surface area contributed by atoms with Gasteiger partial charge in [0.05, 0.1) is 22.2 Å². The summed E-state index contributed by atoms with van der Waals surface area (Å²) in [6, 6.07) is 10.9. The Hall–Kier alpha value is -3.08. The number of amides is 1. The highest BCUT2D eigenvalue weighted by Crippen LogP contribution is 2.28. The van der Waals surface area contributed by atoms with E-state index in [4.69, 9.17) is 28.6 Å². The number of anilines is 1. The molecule has 0 radical (unpaired) electrons. The smallest absolute Gasteiger partial charge is 0.270 e. The minimum Gasteiger partial charge on any atom is -0.492 e. The van der Waals surface area contributed by atoms with Crippen molar-refractivity contribution in [3.05, 3.63) is 68.5 Å². The summed E-state index contributed by atoms with van der Waals surface area (Å²) in [5.41, 5.74) is 1.46. The summed E-state index contributed by atoms with van der Waals surface area (Å²) < 4.78 is 5.34. The highest BCUT2D eigenvalue weighted by atomic mass is 35.5. The van der Waals surface area contributed by atoms with E-state index < -0.39 is 10.8 Å². The van der Waals surface area contributed by atoms with E-state index >= 15 is 0 Å². The second-order valence-corrected chi connectivity index (χ2v) is 7.51. The van der Waals surface area contributed by atoms with Crippen LogP contribution in [-0.4, -0.2) is 27.5 Å². The number of halogens is 1. The SMILES string of the molecule is CCOc1ccc(C(=O)NC(=S)Nc2nc(-c3cccc([N+](=O)[O-])c3)cs2)cc1Cl. The number of carbonyl (C=O) groups is 1. The first-order valence-electron chi connectivity index (χ1n) is 8.62. The van der Waals surface area contributed by atoms with Crippen LogP contribution in [0.5, 0.6) is 5.75 Å². The van der Waals surface area contributed by atoms with Crippen LogP contribution in [0.25, 0.3) is 11.3 Å². The first-order valence-corrected chi connectivity index (χ1v) is 10.3. The quantitative estimate of drug-likeness (QED) is 0.305. The third-order valence-corrected chi connectivity index (χ3v) is 5.06. The monoisotopic (exact) mass is 462 g/mol. The van der Waals surface area contributed by atoms with E-state index in [1.807, 2.05) is 6.92 Å². The molecule has 0 saturated heterocycles. The fourth-order valence-electron chi connectivity index (χ4n) is 2.46. The number of hydrogen-bond donors (Lipinski definition) is 2. The lowest BCUT2D eigenvalue weighted by Crippen LogP contribution is -2.34. The molecule has 2 N–H and O–H groups in total. The average Bonchev–Trinajstić information content (AvgIpc) is 3.18. The number of aromatic nitrogens is 1. The Balaban J connectivity index is 1.64. The molecule has 3 aromatic rings. The molecule has 0 spiro atoms. The zero-order valence-electron chi connectivity index (χ0n) is 15.5. The Morgan fingerprint density at radius 3 is 2.83 bits per heavy atom. The van der Waals surface area contributed by atoms with Gasteiger partial charge in [0.15, 0.2) is 10.2 Å². The van der Waals surface area contributed by atoms with Crippen LogP contribution in [0.2, 0.25) is 5.02 Å². The predicted octanol–water partition coefficient (Wildman–Crippen LogP) is 4.90. The van der Waals surface area contributed by atoms with Crippen LogP contribution >= 0.6 is 35.2 Å². The van der Waals surface area contributed by atoms with Crippen molar-refractivity contribution in [1.29, 1.82) is 0 Å². The van der Waals surface area contributed by atoms with Gasteiger partial charge in [-0.3, -0.25) is 20.2 Å². The molecule has 0 aliphatic carbocycles. The number of ether oxygens (including phenoxy) is 1. The van der Waals surface area contributed by atoms with Gasteiger partial charge < -0.3 is 10.1 Å². The molecule has 0 saturated carbocycles. The molecule has 1 aromatic heterocycles. The zero-order valence-corrected chi connectivity index (χ0v) is 17.9. The van der Waals surface area contributed by atoms with Crippen LogP contribution < -0.4 is 15.4 Å². The number of thiocarbonyl (C=S) groups is 1. The summed E-state index contributed by atoms with van der Waals surface area (Å²) in [5, 5.41) is 18.9. The summed E-state index contributed by atoms with van der Waals surface area (Å²) in [5.74, 6) is 0.0563. The molecule has 0 aliphatic rings. The van der Waals surface area contributed by atoms with Crippen LogP contribution in [0, 0.1) is 10.1 Å². The van der Waals surface area contributed by atoms with Gasteiger partial charge in [0, 0.05) is 28.6 Å². The van der Waals surface area contributed by atoms with Crippen LogP contribution in [0.15, 0.2) is 47.8 Å². The van der Waals surface area contributed by atoms with Crippen LogP contribution in [0.4, 0.5) is 10.8 Å². The number of nitro groups is 1. The molecule has 30 heavy (non-hydrogen) atoms. The van der Waals surface area contributed by atoms with E-state index in [9.17, 15) is 14.9 Å². The van der Waals surface area contributed by atoms with Gasteiger partial charge in [0.1, 0.15) is 5.75 Å². The number of nitro benzene ring substituents is 1. The van der Waals surface area contributed by atoms with Gasteiger partial charge in [0.25, 0.3) is 11.6 Å². The fraction of sp³-hybridized carbons (Fsp3) is 0.105. The van der Waals surface area contributed by atoms with Gasteiger partial charge in [-0.2, -0.15) is 0 Å². The average molecular weight is 463 g/mol. The summed E-state index contributed by atoms with van der Waals surface area (Å²) in [7, 11) is 0. The molecule has 0 fully saturated rings. The Morgan fingerprint density at radius 1 is 1.33 bits per heavy atom. The van der Waals surface area contributed by atoms with Crippen molar-refractivity contribution in [3.63, 3.8) is 0 Å². The van der Waals surface area contributed by atoms with Crippen LogP contribution in [0.1, 0.15) is 17.3 Å². The lowest BCUT2D eigenvalue weighted by atomic mass is 10.1. The van der Waals surface area contributed by atoms with Crippen molar-refractivity contribution < 1.29 is 14.5 Å². The molecular formula is C19H15ClN4O4S2. The molecule has 2 aromatic carbocycles. The molecule has 0 unspecified atom stereocenters. The van der Waals surface area contributed by atoms with E-state index in [1.165, 1.54) is 29.5 Å². The van der Waals surface area contributed by atoms with Gasteiger partial charge in [-0.1, -0.05) is 23.7 Å². The van der Waals surface area contributed by atoms with E-state index in [0.29, 0.717) is 39.3 Å². The van der Waals surface area contributed by atoms with Crippen molar-refractivity contribution in [1.82, 2.24) is 10.3 Å². The number of non-ortho nitro benzene ring substituents is 1. The summed E-state index contributed by atoms with van der Waals surface area (Å²) in [4.78, 5) is 27.2. The first-order chi connectivity index (χ1) is 14.4. The Morgan fingerprint density at radius 2 is 2.13 bits per heavy atom. The maximum atomic E-state index is 12.4. The van der Waals surface area contributed by atoms with Gasteiger partial charge in [-0.15, -0.1) is 11.3 Å². The Labute approximate surface area is 186 Å². The zero-order chi connectivity index (χ0) is 21.7. The van der Waals surface area contributed by atoms with Crippen LogP contribution in [-0.2, 0) is 0 Å². The van der Waals surface area contributed by atoms with Gasteiger partial charge in [0.2, 0.25) is 0 Å². The highest BCUT2D eigenvalue weighted by molar-refractivity contribution is 7.80. The van der Waals surface area contributed by atoms with Gasteiger partial charge in [-0.05, 0) is 37.3 Å². The van der Waals surface area contributed by atoms with E-state index in [0.717, 1.165) is 0 Å². The number of nitrogens with zero attached hydrogens (tertiary/aromatic N) is 2. The van der Waals surface area contributed by atoms with E-state index in [1.54, 1.807) is 29.6 Å². The number of hydrogen-bond acceptors (Lipinski definition) is 7. The number of rotatable bonds is 6. The van der Waals surface area contributed by atoms with Gasteiger partial charge >= 0.3 is 0 Å². The minimum atomic E-state index is -0.465. The lowest BCUT2D eigenvalue weighted by Gasteiger charge is -2.09. The molecule has 3 rings (SSSR count). The maximum Gasteiger partial charge on any atom is 0.270 e. The Kier molecular flexibility index (Phi) is 6.93. The number of carbonyl (C=O) groups excluding carboxylic acids is 1. The summed E-state index contributed by atoms with van der Waals surface area (Å²) >= 11 is 12.5. The van der Waals surface area contributed by atoms with E-state index in [-0.39, 0.29) is 10.8 Å². The number of thiazole rings is 1. The van der Waals surface area contributed by atoms with Crippen molar-refractivity contribution in [2.75, 3.05) is 11.9 Å². The van der Waals surface area contributed by atoms with Gasteiger partial charge in [-0.25, -0.2) is 4.98 Å². The predicted molar refractivity (Wildman–Crippen MR) is 121 cm³/mol. The Bertz CT molecular complexity index is 1120. The minimum absolute atomic E-state index is 0.0215. The number of benzene rings is 2. The molecule has 11 heteroatoms. The third-order valence-electron chi connectivity index (χ3n) is 3.80. The lowest BCUT2D eigenvalue weighted by molar-refractivity contribution is -0.384. The van der Waals surface area contributed by atoms with Crippen molar-refractivity contribution >= 4 is 57.0 Å². The molecule has 1 heterocycles. The second-order valence-electron chi connectivity index (χ2n) is 5.83. The van der Waals surface area contributed by atoms with Crippen molar-refractivity contribution in [2.45, 2.75) is 6.92 Å². The fourth-order valence-corrected chi connectivity index (χ4v) is 3.67. The van der Waals surface area contributed by atoms with Crippen molar-refractivity contribution in [2.24, 2.45) is 0 Å². The molecular weight excluding hydrogens is 448 g/mol. The highest BCUT2D eigenvalue weighted by Gasteiger charge is 2.13. The first kappa shape index (κ1) is 21.6. The number of nitrogens with one attached hydrogen (secondary N) is 2. The molecule has 0 atom stereocenters. The van der Waals surface area contributed by atoms with E-state index in [2.05, 4.69) is 15.6 Å². The second kappa shape index (κ2) is 9.61. The normalized spacial score (nSPS) is 10.3. The molecule has 8 nitrogen and oxygen atoms in total. The molecule has 0 aliphatic heterocycles. The van der Waals surface area contributed by atoms with Crippen molar-refractivity contribution in [3.8, 4) is 17.0 Å². The molecule has 154 valence electrons. The largest absolute Gasteiger partial charge is 0.492 e. The summed E-state index contributed by atoms with van der Waals surface area (Å²) in [6.07, 6.45) is 0. The molecule has 0 bridgehead atoms. The van der Waals surface area contributed by atoms with Crippen LogP contribution in [0.3, 0.4) is 0 Å². The standard InChI is InChI=1S/C19H15ClN4O4S2/c1-2-28-16-7-6-12(9-14(16)20)17(25)22-18(29)23-19-21-15(10-30-19)11-4-3-5-13(8-11)24(26)27/h3-10H,2H2,1H3,(H2,21,22,23,25,29).